The Kier molecular flexibility index (Phi) is 2.41. The van der Waals surface area contributed by atoms with E-state index in [0.717, 1.165) is 29.2 Å². The van der Waals surface area contributed by atoms with Crippen LogP contribution in [0.4, 0.5) is 5.69 Å². The van der Waals surface area contributed by atoms with E-state index in [-0.39, 0.29) is 11.3 Å². The van der Waals surface area contributed by atoms with Crippen LogP contribution in [0.25, 0.3) is 0 Å². The molecule has 1 aromatic carbocycles. The van der Waals surface area contributed by atoms with Gasteiger partial charge in [-0.1, -0.05) is 18.0 Å². The number of hydrogen-bond acceptors (Lipinski definition) is 2. The molecule has 0 radical (unpaired) electrons. The number of nitrogens with one attached hydrogen (secondary N) is 1. The number of benzene rings is 1. The summed E-state index contributed by atoms with van der Waals surface area (Å²) in [5.74, 6) is 1.07. The molecular weight excluding hydrogens is 242 g/mol. The standard InChI is InChI=1S/C12H12ClNOS/c13-8-2-3-10-9(6-8)14-11(15)12(7-16-10)4-1-5-12/h2-3,6H,1,4-5,7H2,(H,14,15). The van der Waals surface area contributed by atoms with E-state index in [2.05, 4.69) is 5.32 Å². The number of carbonyl (C=O) groups excluding carboxylic acids is 1. The van der Waals surface area contributed by atoms with Crippen LogP contribution in [0.15, 0.2) is 23.1 Å². The molecule has 1 fully saturated rings. The SMILES string of the molecule is O=C1Nc2cc(Cl)ccc2SCC12CCC2. The lowest BCUT2D eigenvalue weighted by molar-refractivity contribution is -0.128. The molecule has 0 bridgehead atoms. The molecule has 16 heavy (non-hydrogen) atoms. The average molecular weight is 254 g/mol. The zero-order valence-electron chi connectivity index (χ0n) is 8.75. The number of hydrogen-bond donors (Lipinski definition) is 1. The summed E-state index contributed by atoms with van der Waals surface area (Å²) in [6.45, 7) is 0. The van der Waals surface area contributed by atoms with Gasteiger partial charge in [-0.25, -0.2) is 0 Å². The maximum atomic E-state index is 12.1. The van der Waals surface area contributed by atoms with Gasteiger partial charge in [-0.3, -0.25) is 4.79 Å². The molecule has 84 valence electrons. The summed E-state index contributed by atoms with van der Waals surface area (Å²) in [7, 11) is 0. The van der Waals surface area contributed by atoms with Gasteiger partial charge in [-0.15, -0.1) is 11.8 Å². The Labute approximate surface area is 104 Å². The first-order valence-corrected chi connectivity index (χ1v) is 6.80. The summed E-state index contributed by atoms with van der Waals surface area (Å²) in [6.07, 6.45) is 3.21. The Balaban J connectivity index is 1.97. The maximum absolute atomic E-state index is 12.1. The van der Waals surface area contributed by atoms with Gasteiger partial charge in [0.15, 0.2) is 0 Å². The van der Waals surface area contributed by atoms with Crippen molar-refractivity contribution in [2.45, 2.75) is 24.2 Å². The zero-order valence-corrected chi connectivity index (χ0v) is 10.3. The van der Waals surface area contributed by atoms with Crippen molar-refractivity contribution < 1.29 is 4.79 Å². The van der Waals surface area contributed by atoms with E-state index < -0.39 is 0 Å². The largest absolute Gasteiger partial charge is 0.325 e. The van der Waals surface area contributed by atoms with Gasteiger partial charge in [0.1, 0.15) is 0 Å². The fraction of sp³-hybridized carbons (Fsp3) is 0.417. The second kappa shape index (κ2) is 3.67. The second-order valence-electron chi connectivity index (χ2n) is 4.52. The quantitative estimate of drug-likeness (QED) is 0.766. The number of fused-ring (bicyclic) bond motifs is 1. The minimum Gasteiger partial charge on any atom is -0.325 e. The summed E-state index contributed by atoms with van der Waals surface area (Å²) < 4.78 is 0. The molecule has 0 aromatic heterocycles. The summed E-state index contributed by atoms with van der Waals surface area (Å²) in [5, 5.41) is 3.68. The van der Waals surface area contributed by atoms with Gasteiger partial charge in [-0.05, 0) is 31.0 Å². The topological polar surface area (TPSA) is 29.1 Å². The highest BCUT2D eigenvalue weighted by molar-refractivity contribution is 7.99. The van der Waals surface area contributed by atoms with Gasteiger partial charge in [0.25, 0.3) is 0 Å². The summed E-state index contributed by atoms with van der Waals surface area (Å²) in [5.41, 5.74) is 0.752. The van der Waals surface area contributed by atoms with Crippen LogP contribution in [-0.4, -0.2) is 11.7 Å². The molecular formula is C12H12ClNOS. The van der Waals surface area contributed by atoms with Crippen molar-refractivity contribution in [3.8, 4) is 0 Å². The monoisotopic (exact) mass is 253 g/mol. The number of halogens is 1. The van der Waals surface area contributed by atoms with Crippen LogP contribution < -0.4 is 5.32 Å². The van der Waals surface area contributed by atoms with Crippen molar-refractivity contribution >= 4 is 35.0 Å². The highest BCUT2D eigenvalue weighted by Gasteiger charge is 2.45. The Morgan fingerprint density at radius 2 is 2.19 bits per heavy atom. The molecule has 0 atom stereocenters. The first-order chi connectivity index (χ1) is 7.70. The highest BCUT2D eigenvalue weighted by Crippen LogP contribution is 2.48. The molecule has 0 unspecified atom stereocenters. The number of anilines is 1. The smallest absolute Gasteiger partial charge is 0.231 e. The summed E-state index contributed by atoms with van der Waals surface area (Å²) >= 11 is 7.70. The summed E-state index contributed by atoms with van der Waals surface area (Å²) in [6, 6.07) is 5.69. The second-order valence-corrected chi connectivity index (χ2v) is 5.97. The van der Waals surface area contributed by atoms with Crippen molar-refractivity contribution in [2.24, 2.45) is 5.41 Å². The van der Waals surface area contributed by atoms with E-state index in [1.807, 2.05) is 18.2 Å². The van der Waals surface area contributed by atoms with Gasteiger partial charge < -0.3 is 5.32 Å². The van der Waals surface area contributed by atoms with E-state index in [1.165, 1.54) is 6.42 Å². The lowest BCUT2D eigenvalue weighted by atomic mass is 9.69. The van der Waals surface area contributed by atoms with Gasteiger partial charge in [0.2, 0.25) is 5.91 Å². The molecule has 0 saturated heterocycles. The Morgan fingerprint density at radius 1 is 1.38 bits per heavy atom. The normalized spacial score (nSPS) is 21.9. The van der Waals surface area contributed by atoms with Crippen LogP contribution in [0.1, 0.15) is 19.3 Å². The molecule has 1 heterocycles. The fourth-order valence-corrected chi connectivity index (χ4v) is 3.69. The Morgan fingerprint density at radius 3 is 2.88 bits per heavy atom. The van der Waals surface area contributed by atoms with Crippen molar-refractivity contribution in [1.82, 2.24) is 0 Å². The summed E-state index contributed by atoms with van der Waals surface area (Å²) in [4.78, 5) is 13.3. The maximum Gasteiger partial charge on any atom is 0.231 e. The van der Waals surface area contributed by atoms with Crippen LogP contribution in [0.3, 0.4) is 0 Å². The average Bonchev–Trinajstić information content (AvgIpc) is 2.32. The third-order valence-electron chi connectivity index (χ3n) is 3.49. The van der Waals surface area contributed by atoms with E-state index >= 15 is 0 Å². The minimum absolute atomic E-state index is 0.115. The molecule has 1 amide bonds. The van der Waals surface area contributed by atoms with Gasteiger partial charge in [0.05, 0.1) is 11.1 Å². The molecule has 4 heteroatoms. The molecule has 3 rings (SSSR count). The third-order valence-corrected chi connectivity index (χ3v) is 5.09. The number of amides is 1. The first kappa shape index (κ1) is 10.5. The van der Waals surface area contributed by atoms with Gasteiger partial charge >= 0.3 is 0 Å². The lowest BCUT2D eigenvalue weighted by Gasteiger charge is -2.38. The van der Waals surface area contributed by atoms with Crippen LogP contribution in [0.5, 0.6) is 0 Å². The van der Waals surface area contributed by atoms with E-state index in [1.54, 1.807) is 11.8 Å². The molecule has 1 spiro atoms. The molecule has 2 aliphatic rings. The lowest BCUT2D eigenvalue weighted by Crippen LogP contribution is -2.43. The number of rotatable bonds is 0. The van der Waals surface area contributed by atoms with Gasteiger partial charge in [0, 0.05) is 15.7 Å². The molecule has 2 nitrogen and oxygen atoms in total. The number of carbonyl (C=O) groups is 1. The van der Waals surface area contributed by atoms with Crippen LogP contribution in [0.2, 0.25) is 5.02 Å². The number of thioether (sulfide) groups is 1. The van der Waals surface area contributed by atoms with E-state index in [0.29, 0.717) is 5.02 Å². The Hall–Kier alpha value is -0.670. The van der Waals surface area contributed by atoms with Crippen LogP contribution in [-0.2, 0) is 4.79 Å². The predicted octanol–water partition coefficient (Wildman–Crippen LogP) is 3.55. The molecule has 1 saturated carbocycles. The molecule has 1 N–H and O–H groups in total. The third kappa shape index (κ3) is 1.54. The first-order valence-electron chi connectivity index (χ1n) is 5.43. The molecule has 1 aliphatic heterocycles. The van der Waals surface area contributed by atoms with E-state index in [4.69, 9.17) is 11.6 Å². The minimum atomic E-state index is -0.115. The van der Waals surface area contributed by atoms with Gasteiger partial charge in [-0.2, -0.15) is 0 Å². The van der Waals surface area contributed by atoms with Crippen molar-refractivity contribution in [1.29, 1.82) is 0 Å². The van der Waals surface area contributed by atoms with Crippen molar-refractivity contribution in [2.75, 3.05) is 11.1 Å². The zero-order chi connectivity index (χ0) is 11.2. The highest BCUT2D eigenvalue weighted by atomic mass is 35.5. The molecule has 1 aromatic rings. The van der Waals surface area contributed by atoms with Crippen LogP contribution >= 0.6 is 23.4 Å². The van der Waals surface area contributed by atoms with Crippen LogP contribution in [0, 0.1) is 5.41 Å². The van der Waals surface area contributed by atoms with Crippen molar-refractivity contribution in [3.63, 3.8) is 0 Å². The van der Waals surface area contributed by atoms with Crippen molar-refractivity contribution in [3.05, 3.63) is 23.2 Å². The van der Waals surface area contributed by atoms with E-state index in [9.17, 15) is 4.79 Å². The fourth-order valence-electron chi connectivity index (χ4n) is 2.24. The Bertz CT molecular complexity index is 456. The molecule has 1 aliphatic carbocycles. The predicted molar refractivity (Wildman–Crippen MR) is 67.1 cm³/mol.